The van der Waals surface area contributed by atoms with Crippen molar-refractivity contribution >= 4 is 10.9 Å². The normalized spacial score (nSPS) is 12.0. The van der Waals surface area contributed by atoms with Gasteiger partial charge in [0.1, 0.15) is 5.75 Å². The van der Waals surface area contributed by atoms with E-state index in [-0.39, 0.29) is 5.92 Å². The summed E-state index contributed by atoms with van der Waals surface area (Å²) in [6.45, 7) is 4.06. The second kappa shape index (κ2) is 6.93. The van der Waals surface area contributed by atoms with Crippen molar-refractivity contribution in [1.82, 2.24) is 4.98 Å². The van der Waals surface area contributed by atoms with Crippen LogP contribution < -0.4 is 4.74 Å². The van der Waals surface area contributed by atoms with E-state index in [1.54, 1.807) is 7.11 Å². The van der Waals surface area contributed by atoms with Gasteiger partial charge in [0.2, 0.25) is 0 Å². The van der Waals surface area contributed by atoms with E-state index in [1.165, 1.54) is 27.6 Å². The zero-order valence-electron chi connectivity index (χ0n) is 14.8. The number of benzene rings is 3. The second-order valence-corrected chi connectivity index (χ2v) is 6.36. The number of fused-ring (bicyclic) bond motifs is 1. The Bertz CT molecular complexity index is 1030. The summed E-state index contributed by atoms with van der Waals surface area (Å²) in [4.78, 5) is 3.43. The predicted molar refractivity (Wildman–Crippen MR) is 109 cm³/mol. The fraction of sp³-hybridized carbons (Fsp3) is 0.0833. The van der Waals surface area contributed by atoms with Crippen molar-refractivity contribution in [3.8, 4) is 16.9 Å². The van der Waals surface area contributed by atoms with Gasteiger partial charge in [-0.1, -0.05) is 60.7 Å². The maximum Gasteiger partial charge on any atom is 0.118 e. The maximum atomic E-state index is 5.27. The third-order valence-electron chi connectivity index (χ3n) is 4.87. The van der Waals surface area contributed by atoms with Crippen molar-refractivity contribution in [2.24, 2.45) is 0 Å². The molecule has 4 aromatic rings. The first kappa shape index (κ1) is 16.2. The largest absolute Gasteiger partial charge is 0.497 e. The van der Waals surface area contributed by atoms with Gasteiger partial charge >= 0.3 is 0 Å². The van der Waals surface area contributed by atoms with E-state index >= 15 is 0 Å². The molecule has 0 saturated carbocycles. The Morgan fingerprint density at radius 1 is 0.923 bits per heavy atom. The van der Waals surface area contributed by atoms with Crippen LogP contribution in [-0.4, -0.2) is 12.1 Å². The number of nitrogens with one attached hydrogen (secondary N) is 1. The van der Waals surface area contributed by atoms with Gasteiger partial charge in [-0.2, -0.15) is 0 Å². The van der Waals surface area contributed by atoms with Crippen molar-refractivity contribution in [2.75, 3.05) is 7.11 Å². The number of aromatic amines is 1. The number of ether oxygens (including phenoxy) is 1. The van der Waals surface area contributed by atoms with E-state index in [2.05, 4.69) is 72.4 Å². The second-order valence-electron chi connectivity index (χ2n) is 6.36. The fourth-order valence-electron chi connectivity index (χ4n) is 3.47. The molecule has 26 heavy (non-hydrogen) atoms. The van der Waals surface area contributed by atoms with Crippen LogP contribution in [0.5, 0.6) is 5.75 Å². The van der Waals surface area contributed by atoms with Gasteiger partial charge in [-0.15, -0.1) is 6.58 Å². The lowest BCUT2D eigenvalue weighted by Gasteiger charge is -2.13. The first-order valence-corrected chi connectivity index (χ1v) is 8.73. The number of hydrogen-bond acceptors (Lipinski definition) is 1. The third-order valence-corrected chi connectivity index (χ3v) is 4.87. The van der Waals surface area contributed by atoms with Crippen LogP contribution in [0.2, 0.25) is 0 Å². The summed E-state index contributed by atoms with van der Waals surface area (Å²) in [6, 6.07) is 25.2. The lowest BCUT2D eigenvalue weighted by molar-refractivity contribution is 0.414. The number of aromatic nitrogens is 1. The molecule has 2 nitrogen and oxygen atoms in total. The summed E-state index contributed by atoms with van der Waals surface area (Å²) in [5.41, 5.74) is 6.02. The molecule has 0 aliphatic carbocycles. The van der Waals surface area contributed by atoms with Gasteiger partial charge in [0, 0.05) is 23.0 Å². The minimum absolute atomic E-state index is 0.136. The van der Waals surface area contributed by atoms with Crippen LogP contribution in [-0.2, 0) is 0 Å². The van der Waals surface area contributed by atoms with Gasteiger partial charge in [0.15, 0.2) is 0 Å². The Labute approximate surface area is 153 Å². The quantitative estimate of drug-likeness (QED) is 0.433. The van der Waals surface area contributed by atoms with E-state index in [0.29, 0.717) is 0 Å². The monoisotopic (exact) mass is 339 g/mol. The zero-order chi connectivity index (χ0) is 17.9. The standard InChI is InChI=1S/C24H21NO/c1-3-21(18-9-12-20(26-2)13-10-18)23-16-25-24-15-19(11-14-22(23)24)17-7-5-4-6-8-17/h3-16,21,25H,1H2,2H3. The first-order chi connectivity index (χ1) is 12.8. The van der Waals surface area contributed by atoms with E-state index in [1.807, 2.05) is 24.3 Å². The summed E-state index contributed by atoms with van der Waals surface area (Å²) < 4.78 is 5.27. The molecule has 0 spiro atoms. The molecule has 0 fully saturated rings. The summed E-state index contributed by atoms with van der Waals surface area (Å²) in [7, 11) is 1.68. The number of hydrogen-bond donors (Lipinski definition) is 1. The lowest BCUT2D eigenvalue weighted by atomic mass is 9.90. The molecular weight excluding hydrogens is 318 g/mol. The van der Waals surface area contributed by atoms with Crippen LogP contribution in [0.15, 0.2) is 91.6 Å². The van der Waals surface area contributed by atoms with E-state index in [4.69, 9.17) is 4.74 Å². The highest BCUT2D eigenvalue weighted by Crippen LogP contribution is 2.34. The highest BCUT2D eigenvalue weighted by molar-refractivity contribution is 5.88. The van der Waals surface area contributed by atoms with Crippen LogP contribution in [0, 0.1) is 0 Å². The molecule has 1 atom stereocenters. The fourth-order valence-corrected chi connectivity index (χ4v) is 3.47. The van der Waals surface area contributed by atoms with Crippen LogP contribution in [0.3, 0.4) is 0 Å². The summed E-state index contributed by atoms with van der Waals surface area (Å²) in [6.07, 6.45) is 4.09. The Morgan fingerprint density at radius 3 is 2.38 bits per heavy atom. The maximum absolute atomic E-state index is 5.27. The van der Waals surface area contributed by atoms with Crippen LogP contribution >= 0.6 is 0 Å². The molecule has 0 aliphatic rings. The SMILES string of the molecule is C=CC(c1ccc(OC)cc1)c1c[nH]c2cc(-c3ccccc3)ccc12. The minimum Gasteiger partial charge on any atom is -0.497 e. The topological polar surface area (TPSA) is 25.0 Å². The molecule has 0 radical (unpaired) electrons. The van der Waals surface area contributed by atoms with Crippen molar-refractivity contribution in [1.29, 1.82) is 0 Å². The molecule has 128 valence electrons. The lowest BCUT2D eigenvalue weighted by Crippen LogP contribution is -1.96. The van der Waals surface area contributed by atoms with Gasteiger partial charge in [-0.25, -0.2) is 0 Å². The smallest absolute Gasteiger partial charge is 0.118 e. The van der Waals surface area contributed by atoms with Gasteiger partial charge in [0.05, 0.1) is 7.11 Å². The third kappa shape index (κ3) is 2.91. The summed E-state index contributed by atoms with van der Waals surface area (Å²) >= 11 is 0. The Kier molecular flexibility index (Phi) is 4.32. The molecule has 2 heteroatoms. The molecule has 3 aromatic carbocycles. The van der Waals surface area contributed by atoms with Crippen molar-refractivity contribution in [2.45, 2.75) is 5.92 Å². The molecule has 1 unspecified atom stereocenters. The molecule has 1 N–H and O–H groups in total. The molecule has 0 saturated heterocycles. The van der Waals surface area contributed by atoms with E-state index < -0.39 is 0 Å². The molecule has 0 amide bonds. The minimum atomic E-state index is 0.136. The van der Waals surface area contributed by atoms with E-state index in [9.17, 15) is 0 Å². The predicted octanol–water partition coefficient (Wildman–Crippen LogP) is 6.16. The number of rotatable bonds is 5. The van der Waals surface area contributed by atoms with E-state index in [0.717, 1.165) is 11.3 Å². The van der Waals surface area contributed by atoms with Crippen LogP contribution in [0.25, 0.3) is 22.0 Å². The van der Waals surface area contributed by atoms with Crippen molar-refractivity contribution in [3.05, 3.63) is 103 Å². The Balaban J connectivity index is 1.74. The molecule has 1 heterocycles. The van der Waals surface area contributed by atoms with Crippen molar-refractivity contribution in [3.63, 3.8) is 0 Å². The summed E-state index contributed by atoms with van der Waals surface area (Å²) in [5, 5.41) is 1.23. The number of allylic oxidation sites excluding steroid dienone is 1. The highest BCUT2D eigenvalue weighted by Gasteiger charge is 2.15. The number of H-pyrrole nitrogens is 1. The first-order valence-electron chi connectivity index (χ1n) is 8.73. The molecule has 0 bridgehead atoms. The average Bonchev–Trinajstić information content (AvgIpc) is 3.13. The van der Waals surface area contributed by atoms with Crippen molar-refractivity contribution < 1.29 is 4.74 Å². The Morgan fingerprint density at radius 2 is 1.69 bits per heavy atom. The van der Waals surface area contributed by atoms with Gasteiger partial charge in [0.25, 0.3) is 0 Å². The summed E-state index contributed by atoms with van der Waals surface area (Å²) in [5.74, 6) is 1.00. The van der Waals surface area contributed by atoms with Gasteiger partial charge in [-0.05, 0) is 40.5 Å². The highest BCUT2D eigenvalue weighted by atomic mass is 16.5. The van der Waals surface area contributed by atoms with Gasteiger partial charge < -0.3 is 9.72 Å². The van der Waals surface area contributed by atoms with Crippen LogP contribution in [0.1, 0.15) is 17.0 Å². The Hall–Kier alpha value is -3.26. The van der Waals surface area contributed by atoms with Gasteiger partial charge in [-0.3, -0.25) is 0 Å². The van der Waals surface area contributed by atoms with Crippen LogP contribution in [0.4, 0.5) is 0 Å². The molecular formula is C24H21NO. The average molecular weight is 339 g/mol. The molecule has 1 aromatic heterocycles. The molecule has 0 aliphatic heterocycles. The molecule has 4 rings (SSSR count). The zero-order valence-corrected chi connectivity index (χ0v) is 14.8. The number of methoxy groups -OCH3 is 1.